The van der Waals surface area contributed by atoms with Crippen LogP contribution in [0.1, 0.15) is 26.4 Å². The molecule has 2 heterocycles. The van der Waals surface area contributed by atoms with Gasteiger partial charge in [0, 0.05) is 18.0 Å². The molecule has 1 aliphatic heterocycles. The van der Waals surface area contributed by atoms with E-state index in [2.05, 4.69) is 5.32 Å². The van der Waals surface area contributed by atoms with Crippen LogP contribution in [0.3, 0.4) is 0 Å². The fraction of sp³-hybridized carbons (Fsp3) is 0.208. The minimum atomic E-state index is -0.641. The molecular weight excluding hydrogens is 412 g/mol. The van der Waals surface area contributed by atoms with Gasteiger partial charge in [-0.25, -0.2) is 4.79 Å². The maximum absolute atomic E-state index is 12.6. The van der Waals surface area contributed by atoms with Crippen LogP contribution in [0.25, 0.3) is 0 Å². The molecule has 0 bridgehead atoms. The third-order valence-electron chi connectivity index (χ3n) is 5.12. The number of nitrogens with one attached hydrogen (secondary N) is 1. The first-order valence-electron chi connectivity index (χ1n) is 10.0. The predicted molar refractivity (Wildman–Crippen MR) is 119 cm³/mol. The van der Waals surface area contributed by atoms with E-state index < -0.39 is 5.97 Å². The van der Waals surface area contributed by atoms with Crippen molar-refractivity contribution >= 4 is 34.8 Å². The first-order chi connectivity index (χ1) is 15.1. The Morgan fingerprint density at radius 3 is 2.61 bits per heavy atom. The number of esters is 1. The molecule has 2 amide bonds. The number of nitrogens with zero attached hydrogens (tertiary/aromatic N) is 1. The average Bonchev–Trinajstić information content (AvgIpc) is 3.26. The number of benzene rings is 2. The quantitative estimate of drug-likeness (QED) is 0.601. The highest BCUT2D eigenvalue weighted by Crippen LogP contribution is 2.24. The standard InChI is InChI=1S/C24H22N2O4S/c27-22(14-17-6-2-1-3-7-17)25-20-9-5-4-8-19(20)24(29)30-16-23(28)26-12-10-21-18(15-26)11-13-31-21/h1-9,11,13H,10,12,14-16H2,(H,25,27). The van der Waals surface area contributed by atoms with Crippen LogP contribution in [0, 0.1) is 0 Å². The van der Waals surface area contributed by atoms with Gasteiger partial charge < -0.3 is 15.0 Å². The lowest BCUT2D eigenvalue weighted by molar-refractivity contribution is -0.135. The molecule has 0 unspecified atom stereocenters. The molecule has 0 saturated carbocycles. The van der Waals surface area contributed by atoms with Gasteiger partial charge in [0.05, 0.1) is 17.7 Å². The number of carbonyl (C=O) groups excluding carboxylic acids is 3. The molecule has 0 atom stereocenters. The van der Waals surface area contributed by atoms with E-state index in [-0.39, 0.29) is 30.4 Å². The van der Waals surface area contributed by atoms with E-state index >= 15 is 0 Å². The van der Waals surface area contributed by atoms with Crippen LogP contribution in [0.15, 0.2) is 66.0 Å². The highest BCUT2D eigenvalue weighted by atomic mass is 32.1. The number of rotatable bonds is 6. The van der Waals surface area contributed by atoms with Gasteiger partial charge in [-0.3, -0.25) is 9.59 Å². The first kappa shape index (κ1) is 20.8. The van der Waals surface area contributed by atoms with Crippen molar-refractivity contribution in [1.82, 2.24) is 4.90 Å². The fourth-order valence-corrected chi connectivity index (χ4v) is 4.39. The van der Waals surface area contributed by atoms with Crippen LogP contribution in [0.5, 0.6) is 0 Å². The van der Waals surface area contributed by atoms with Gasteiger partial charge >= 0.3 is 5.97 Å². The molecule has 0 saturated heterocycles. The maximum atomic E-state index is 12.6. The van der Waals surface area contributed by atoms with E-state index in [1.807, 2.05) is 41.8 Å². The Labute approximate surface area is 184 Å². The van der Waals surface area contributed by atoms with Gasteiger partial charge in [0.25, 0.3) is 5.91 Å². The SMILES string of the molecule is O=C(Cc1ccccc1)Nc1ccccc1C(=O)OCC(=O)N1CCc2sccc2C1. The van der Waals surface area contributed by atoms with Gasteiger partial charge in [0.15, 0.2) is 6.61 Å². The van der Waals surface area contributed by atoms with E-state index in [1.54, 1.807) is 40.5 Å². The van der Waals surface area contributed by atoms with Gasteiger partial charge in [-0.2, -0.15) is 0 Å². The molecule has 0 fully saturated rings. The Morgan fingerprint density at radius 2 is 1.77 bits per heavy atom. The molecule has 0 radical (unpaired) electrons. The second-order valence-electron chi connectivity index (χ2n) is 7.27. The number of fused-ring (bicyclic) bond motifs is 1. The molecule has 2 aromatic carbocycles. The fourth-order valence-electron chi connectivity index (χ4n) is 3.50. The van der Waals surface area contributed by atoms with Crippen molar-refractivity contribution in [2.24, 2.45) is 0 Å². The molecule has 6 nitrogen and oxygen atoms in total. The molecular formula is C24H22N2O4S. The summed E-state index contributed by atoms with van der Waals surface area (Å²) < 4.78 is 5.27. The normalized spacial score (nSPS) is 12.7. The Bertz CT molecular complexity index is 1090. The van der Waals surface area contributed by atoms with E-state index in [4.69, 9.17) is 4.74 Å². The number of anilines is 1. The lowest BCUT2D eigenvalue weighted by atomic mass is 10.1. The van der Waals surface area contributed by atoms with Crippen LogP contribution in [0.4, 0.5) is 5.69 Å². The third kappa shape index (κ3) is 5.19. The Hall–Kier alpha value is -3.45. The van der Waals surface area contributed by atoms with E-state index in [0.29, 0.717) is 18.8 Å². The molecule has 1 aliphatic rings. The number of para-hydroxylation sites is 1. The minimum Gasteiger partial charge on any atom is -0.452 e. The Morgan fingerprint density at radius 1 is 1.00 bits per heavy atom. The van der Waals surface area contributed by atoms with Crippen LogP contribution in [-0.2, 0) is 33.7 Å². The van der Waals surface area contributed by atoms with E-state index in [1.165, 1.54) is 4.88 Å². The number of amides is 2. The molecule has 4 rings (SSSR count). The second-order valence-corrected chi connectivity index (χ2v) is 8.27. The molecule has 0 spiro atoms. The number of hydrogen-bond acceptors (Lipinski definition) is 5. The van der Waals surface area contributed by atoms with Crippen LogP contribution in [0.2, 0.25) is 0 Å². The first-order valence-corrected chi connectivity index (χ1v) is 10.9. The summed E-state index contributed by atoms with van der Waals surface area (Å²) in [4.78, 5) is 40.5. The maximum Gasteiger partial charge on any atom is 0.340 e. The summed E-state index contributed by atoms with van der Waals surface area (Å²) in [5, 5.41) is 4.79. The van der Waals surface area contributed by atoms with Crippen molar-refractivity contribution < 1.29 is 19.1 Å². The predicted octanol–water partition coefficient (Wildman–Crippen LogP) is 3.67. The van der Waals surface area contributed by atoms with Crippen molar-refractivity contribution in [3.63, 3.8) is 0 Å². The zero-order valence-corrected chi connectivity index (χ0v) is 17.7. The highest BCUT2D eigenvalue weighted by molar-refractivity contribution is 7.10. The summed E-state index contributed by atoms with van der Waals surface area (Å²) in [5.74, 6) is -1.10. The molecule has 0 aliphatic carbocycles. The largest absolute Gasteiger partial charge is 0.452 e. The van der Waals surface area contributed by atoms with Gasteiger partial charge in [-0.15, -0.1) is 11.3 Å². The monoisotopic (exact) mass is 434 g/mol. The van der Waals surface area contributed by atoms with Crippen LogP contribution < -0.4 is 5.32 Å². The lowest BCUT2D eigenvalue weighted by Crippen LogP contribution is -2.38. The van der Waals surface area contributed by atoms with Crippen LogP contribution in [-0.4, -0.2) is 35.8 Å². The van der Waals surface area contributed by atoms with Crippen molar-refractivity contribution in [3.8, 4) is 0 Å². The molecule has 3 aromatic rings. The van der Waals surface area contributed by atoms with E-state index in [9.17, 15) is 14.4 Å². The third-order valence-corrected chi connectivity index (χ3v) is 6.14. The molecule has 31 heavy (non-hydrogen) atoms. The Balaban J connectivity index is 1.34. The summed E-state index contributed by atoms with van der Waals surface area (Å²) in [6, 6.07) is 18.0. The Kier molecular flexibility index (Phi) is 6.43. The van der Waals surface area contributed by atoms with E-state index in [0.717, 1.165) is 17.5 Å². The summed E-state index contributed by atoms with van der Waals surface area (Å²) >= 11 is 1.70. The highest BCUT2D eigenvalue weighted by Gasteiger charge is 2.23. The summed E-state index contributed by atoms with van der Waals surface area (Å²) in [6.45, 7) is 0.835. The lowest BCUT2D eigenvalue weighted by Gasteiger charge is -2.26. The van der Waals surface area contributed by atoms with Crippen molar-refractivity contribution in [3.05, 3.63) is 87.6 Å². The summed E-state index contributed by atoms with van der Waals surface area (Å²) in [5.41, 5.74) is 2.61. The van der Waals surface area contributed by atoms with Crippen molar-refractivity contribution in [1.29, 1.82) is 0 Å². The zero-order valence-electron chi connectivity index (χ0n) is 16.9. The number of carbonyl (C=O) groups is 3. The second kappa shape index (κ2) is 9.57. The number of hydrogen-bond donors (Lipinski definition) is 1. The summed E-state index contributed by atoms with van der Waals surface area (Å²) in [6.07, 6.45) is 1.02. The van der Waals surface area contributed by atoms with Gasteiger partial charge in [-0.05, 0) is 41.1 Å². The topological polar surface area (TPSA) is 75.7 Å². The van der Waals surface area contributed by atoms with Gasteiger partial charge in [0.2, 0.25) is 5.91 Å². The minimum absolute atomic E-state index is 0.197. The van der Waals surface area contributed by atoms with Crippen molar-refractivity contribution in [2.75, 3.05) is 18.5 Å². The smallest absolute Gasteiger partial charge is 0.340 e. The van der Waals surface area contributed by atoms with Gasteiger partial charge in [-0.1, -0.05) is 42.5 Å². The molecule has 1 N–H and O–H groups in total. The van der Waals surface area contributed by atoms with Gasteiger partial charge in [0.1, 0.15) is 0 Å². The number of ether oxygens (including phenoxy) is 1. The summed E-state index contributed by atoms with van der Waals surface area (Å²) in [7, 11) is 0. The van der Waals surface area contributed by atoms with Crippen molar-refractivity contribution in [2.45, 2.75) is 19.4 Å². The molecule has 158 valence electrons. The number of thiophene rings is 1. The molecule has 1 aromatic heterocycles. The molecule has 7 heteroatoms. The average molecular weight is 435 g/mol. The zero-order chi connectivity index (χ0) is 21.6. The van der Waals surface area contributed by atoms with Crippen LogP contribution >= 0.6 is 11.3 Å².